The van der Waals surface area contributed by atoms with Crippen LogP contribution in [0.3, 0.4) is 0 Å². The molecule has 1 unspecified atom stereocenters. The maximum atomic E-state index is 12.6. The highest BCUT2D eigenvalue weighted by atomic mass is 32.2. The second kappa shape index (κ2) is 5.11. The normalized spacial score (nSPS) is 20.9. The molecule has 0 aliphatic carbocycles. The van der Waals surface area contributed by atoms with E-state index in [1.165, 1.54) is 4.31 Å². The first-order valence-corrected chi connectivity index (χ1v) is 7.78. The van der Waals surface area contributed by atoms with Gasteiger partial charge in [0.1, 0.15) is 0 Å². The molecule has 3 N–H and O–H groups in total. The van der Waals surface area contributed by atoms with Gasteiger partial charge in [0.2, 0.25) is 10.0 Å². The third kappa shape index (κ3) is 2.61. The van der Waals surface area contributed by atoms with Crippen LogP contribution in [-0.4, -0.2) is 37.5 Å². The number of aryl methyl sites for hydroxylation is 1. The molecule has 0 saturated carbocycles. The number of rotatable bonds is 3. The molecule has 1 aliphatic rings. The average Bonchev–Trinajstić information content (AvgIpc) is 2.83. The summed E-state index contributed by atoms with van der Waals surface area (Å²) in [5, 5.41) is 9.12. The number of anilines is 1. The lowest BCUT2D eigenvalue weighted by atomic mass is 10.1. The molecule has 19 heavy (non-hydrogen) atoms. The van der Waals surface area contributed by atoms with E-state index in [1.54, 1.807) is 19.1 Å². The fourth-order valence-corrected chi connectivity index (χ4v) is 4.29. The van der Waals surface area contributed by atoms with Crippen molar-refractivity contribution < 1.29 is 13.5 Å². The monoisotopic (exact) mass is 284 g/mol. The van der Waals surface area contributed by atoms with E-state index < -0.39 is 10.0 Å². The van der Waals surface area contributed by atoms with Crippen LogP contribution < -0.4 is 5.73 Å². The Labute approximate surface area is 114 Å². The Balaban J connectivity index is 2.41. The van der Waals surface area contributed by atoms with Crippen LogP contribution >= 0.6 is 0 Å². The van der Waals surface area contributed by atoms with Gasteiger partial charge in [-0.3, -0.25) is 0 Å². The van der Waals surface area contributed by atoms with Crippen molar-refractivity contribution in [3.63, 3.8) is 0 Å². The summed E-state index contributed by atoms with van der Waals surface area (Å²) < 4.78 is 26.7. The third-order valence-electron chi connectivity index (χ3n) is 3.67. The van der Waals surface area contributed by atoms with E-state index in [4.69, 9.17) is 10.8 Å². The van der Waals surface area contributed by atoms with Gasteiger partial charge >= 0.3 is 0 Å². The highest BCUT2D eigenvalue weighted by Crippen LogP contribution is 2.29. The second-order valence-corrected chi connectivity index (χ2v) is 7.08. The first-order chi connectivity index (χ1) is 8.86. The van der Waals surface area contributed by atoms with Crippen molar-refractivity contribution in [3.05, 3.63) is 23.3 Å². The number of benzene rings is 1. The van der Waals surface area contributed by atoms with Crippen LogP contribution in [0, 0.1) is 19.8 Å². The lowest BCUT2D eigenvalue weighted by Gasteiger charge is -2.19. The van der Waals surface area contributed by atoms with Gasteiger partial charge in [0.05, 0.1) is 4.90 Å². The molecule has 1 aliphatic heterocycles. The second-order valence-electron chi connectivity index (χ2n) is 5.18. The first-order valence-electron chi connectivity index (χ1n) is 6.34. The number of hydrogen-bond acceptors (Lipinski definition) is 4. The molecule has 0 spiro atoms. The molecule has 0 bridgehead atoms. The number of nitrogens with zero attached hydrogens (tertiary/aromatic N) is 1. The Morgan fingerprint density at radius 1 is 1.42 bits per heavy atom. The minimum Gasteiger partial charge on any atom is -0.398 e. The lowest BCUT2D eigenvalue weighted by molar-refractivity contribution is 0.233. The van der Waals surface area contributed by atoms with Crippen LogP contribution in [0.15, 0.2) is 17.0 Å². The number of hydrogen-bond donors (Lipinski definition) is 2. The van der Waals surface area contributed by atoms with Gasteiger partial charge in [0.25, 0.3) is 0 Å². The van der Waals surface area contributed by atoms with Gasteiger partial charge in [-0.25, -0.2) is 8.42 Å². The predicted octanol–water partition coefficient (Wildman–Crippen LogP) is 0.889. The van der Waals surface area contributed by atoms with Gasteiger partial charge in [0.15, 0.2) is 0 Å². The van der Waals surface area contributed by atoms with E-state index in [0.29, 0.717) is 30.8 Å². The molecule has 1 fully saturated rings. The first kappa shape index (κ1) is 14.3. The number of nitrogens with two attached hydrogens (primary N) is 1. The maximum Gasteiger partial charge on any atom is 0.243 e. The summed E-state index contributed by atoms with van der Waals surface area (Å²) in [5.41, 5.74) is 7.77. The Hall–Kier alpha value is -1.11. The SMILES string of the molecule is Cc1cc(N)c(C)c(S(=O)(=O)N2CCC(CO)C2)c1. The fraction of sp³-hybridized carbons (Fsp3) is 0.538. The standard InChI is InChI=1S/C13H20N2O3S/c1-9-5-12(14)10(2)13(6-9)19(17,18)15-4-3-11(7-15)8-16/h5-6,11,16H,3-4,7-8,14H2,1-2H3. The van der Waals surface area contributed by atoms with Gasteiger partial charge in [-0.15, -0.1) is 0 Å². The van der Waals surface area contributed by atoms with Gasteiger partial charge in [-0.1, -0.05) is 0 Å². The molecule has 106 valence electrons. The molecule has 1 aromatic rings. The van der Waals surface area contributed by atoms with Crippen molar-refractivity contribution in [2.45, 2.75) is 25.2 Å². The molecule has 6 heteroatoms. The Morgan fingerprint density at radius 3 is 2.68 bits per heavy atom. The summed E-state index contributed by atoms with van der Waals surface area (Å²) in [4.78, 5) is 0.281. The topological polar surface area (TPSA) is 83.6 Å². The van der Waals surface area contributed by atoms with Crippen LogP contribution in [0.25, 0.3) is 0 Å². The summed E-state index contributed by atoms with van der Waals surface area (Å²) >= 11 is 0. The molecule has 1 heterocycles. The summed E-state index contributed by atoms with van der Waals surface area (Å²) in [7, 11) is -3.52. The number of sulfonamides is 1. The molecule has 5 nitrogen and oxygen atoms in total. The minimum atomic E-state index is -3.52. The van der Waals surface area contributed by atoms with E-state index in [0.717, 1.165) is 5.56 Å². The summed E-state index contributed by atoms with van der Waals surface area (Å²) in [6, 6.07) is 3.43. The Morgan fingerprint density at radius 2 is 2.11 bits per heavy atom. The maximum absolute atomic E-state index is 12.6. The molecule has 1 atom stereocenters. The van der Waals surface area contributed by atoms with E-state index in [9.17, 15) is 8.42 Å². The zero-order valence-electron chi connectivity index (χ0n) is 11.3. The van der Waals surface area contributed by atoms with Crippen LogP contribution in [0.5, 0.6) is 0 Å². The van der Waals surface area contributed by atoms with Crippen molar-refractivity contribution in [1.29, 1.82) is 0 Å². The zero-order chi connectivity index (χ0) is 14.2. The Bertz CT molecular complexity index is 584. The van der Waals surface area contributed by atoms with Crippen molar-refractivity contribution in [2.24, 2.45) is 5.92 Å². The van der Waals surface area contributed by atoms with Gasteiger partial charge in [0, 0.05) is 25.4 Å². The molecule has 1 saturated heterocycles. The Kier molecular flexibility index (Phi) is 3.85. The zero-order valence-corrected chi connectivity index (χ0v) is 12.1. The van der Waals surface area contributed by atoms with Crippen molar-refractivity contribution in [2.75, 3.05) is 25.4 Å². The summed E-state index contributed by atoms with van der Waals surface area (Å²) in [6.45, 7) is 4.42. The summed E-state index contributed by atoms with van der Waals surface area (Å²) in [6.07, 6.45) is 0.704. The van der Waals surface area contributed by atoms with Crippen LogP contribution in [0.2, 0.25) is 0 Å². The van der Waals surface area contributed by atoms with Gasteiger partial charge < -0.3 is 10.8 Å². The van der Waals surface area contributed by atoms with E-state index in [1.807, 2.05) is 6.92 Å². The molecule has 0 amide bonds. The van der Waals surface area contributed by atoms with Gasteiger partial charge in [-0.2, -0.15) is 4.31 Å². The van der Waals surface area contributed by atoms with Crippen molar-refractivity contribution >= 4 is 15.7 Å². The smallest absolute Gasteiger partial charge is 0.243 e. The van der Waals surface area contributed by atoms with Crippen LogP contribution in [-0.2, 0) is 10.0 Å². The highest BCUT2D eigenvalue weighted by Gasteiger charge is 2.33. The van der Waals surface area contributed by atoms with Crippen LogP contribution in [0.4, 0.5) is 5.69 Å². The number of aliphatic hydroxyl groups excluding tert-OH is 1. The van der Waals surface area contributed by atoms with Crippen molar-refractivity contribution in [1.82, 2.24) is 4.31 Å². The number of aliphatic hydroxyl groups is 1. The summed E-state index contributed by atoms with van der Waals surface area (Å²) in [5.74, 6) is 0.0391. The van der Waals surface area contributed by atoms with Crippen molar-refractivity contribution in [3.8, 4) is 0 Å². The minimum absolute atomic E-state index is 0.0287. The number of nitrogen functional groups attached to an aromatic ring is 1. The fourth-order valence-electron chi connectivity index (χ4n) is 2.42. The molecular formula is C13H20N2O3S. The molecular weight excluding hydrogens is 264 g/mol. The van der Waals surface area contributed by atoms with E-state index in [2.05, 4.69) is 0 Å². The van der Waals surface area contributed by atoms with E-state index in [-0.39, 0.29) is 17.4 Å². The molecule has 2 rings (SSSR count). The lowest BCUT2D eigenvalue weighted by Crippen LogP contribution is -2.30. The third-order valence-corrected chi connectivity index (χ3v) is 5.66. The molecule has 1 aromatic carbocycles. The largest absolute Gasteiger partial charge is 0.398 e. The highest BCUT2D eigenvalue weighted by molar-refractivity contribution is 7.89. The molecule has 0 radical (unpaired) electrons. The van der Waals surface area contributed by atoms with Gasteiger partial charge in [-0.05, 0) is 49.4 Å². The average molecular weight is 284 g/mol. The van der Waals surface area contributed by atoms with E-state index >= 15 is 0 Å². The van der Waals surface area contributed by atoms with Crippen LogP contribution in [0.1, 0.15) is 17.5 Å². The quantitative estimate of drug-likeness (QED) is 0.807. The molecule has 0 aromatic heterocycles. The predicted molar refractivity (Wildman–Crippen MR) is 74.3 cm³/mol.